The van der Waals surface area contributed by atoms with Crippen LogP contribution in [-0.4, -0.2) is 29.7 Å². The first-order valence-corrected chi connectivity index (χ1v) is 7.98. The van der Waals surface area contributed by atoms with E-state index in [0.717, 1.165) is 17.4 Å². The first-order chi connectivity index (χ1) is 9.76. The van der Waals surface area contributed by atoms with Crippen molar-refractivity contribution in [2.24, 2.45) is 0 Å². The molecule has 3 nitrogen and oxygen atoms in total. The van der Waals surface area contributed by atoms with Gasteiger partial charge in [-0.15, -0.1) is 0 Å². The van der Waals surface area contributed by atoms with E-state index in [1.807, 2.05) is 32.9 Å². The fraction of sp³-hybridized carbons (Fsp3) is 0.471. The minimum Gasteiger partial charge on any atom is -0.444 e. The minimum absolute atomic E-state index is 0.232. The van der Waals surface area contributed by atoms with Gasteiger partial charge in [-0.05, 0) is 57.4 Å². The van der Waals surface area contributed by atoms with Gasteiger partial charge in [-0.2, -0.15) is 0 Å². The maximum absolute atomic E-state index is 12.2. The molecule has 0 fully saturated rings. The highest BCUT2D eigenvalue weighted by molar-refractivity contribution is 9.10. The second kappa shape index (κ2) is 6.22. The SMILES string of the molecule is CC1=C(c2ccc(Br)cc2)CN(C(=O)OC(C)(C)C)CC1. The number of amides is 1. The van der Waals surface area contributed by atoms with Gasteiger partial charge >= 0.3 is 6.09 Å². The molecule has 1 aliphatic rings. The van der Waals surface area contributed by atoms with Crippen LogP contribution >= 0.6 is 15.9 Å². The molecule has 0 bridgehead atoms. The van der Waals surface area contributed by atoms with Crippen molar-refractivity contribution in [2.75, 3.05) is 13.1 Å². The van der Waals surface area contributed by atoms with Crippen molar-refractivity contribution in [3.8, 4) is 0 Å². The molecule has 21 heavy (non-hydrogen) atoms. The van der Waals surface area contributed by atoms with Crippen LogP contribution in [0.1, 0.15) is 39.7 Å². The molecule has 4 heteroatoms. The van der Waals surface area contributed by atoms with E-state index in [4.69, 9.17) is 4.74 Å². The molecule has 0 atom stereocenters. The van der Waals surface area contributed by atoms with Crippen LogP contribution in [0.3, 0.4) is 0 Å². The molecule has 1 aliphatic heterocycles. The fourth-order valence-electron chi connectivity index (χ4n) is 2.33. The molecule has 1 amide bonds. The Labute approximate surface area is 135 Å². The monoisotopic (exact) mass is 351 g/mol. The first kappa shape index (κ1) is 16.1. The van der Waals surface area contributed by atoms with Gasteiger partial charge in [0.25, 0.3) is 0 Å². The summed E-state index contributed by atoms with van der Waals surface area (Å²) in [5, 5.41) is 0. The van der Waals surface area contributed by atoms with Crippen LogP contribution < -0.4 is 0 Å². The van der Waals surface area contributed by atoms with Crippen LogP contribution in [0, 0.1) is 0 Å². The van der Waals surface area contributed by atoms with E-state index in [0.29, 0.717) is 6.54 Å². The summed E-state index contributed by atoms with van der Waals surface area (Å²) in [6.07, 6.45) is 0.662. The molecule has 1 aromatic rings. The van der Waals surface area contributed by atoms with E-state index < -0.39 is 5.60 Å². The van der Waals surface area contributed by atoms with Crippen LogP contribution in [-0.2, 0) is 4.74 Å². The van der Waals surface area contributed by atoms with Crippen molar-refractivity contribution < 1.29 is 9.53 Å². The van der Waals surface area contributed by atoms with Crippen molar-refractivity contribution in [2.45, 2.75) is 39.7 Å². The number of nitrogens with zero attached hydrogens (tertiary/aromatic N) is 1. The van der Waals surface area contributed by atoms with Crippen molar-refractivity contribution in [3.05, 3.63) is 39.9 Å². The quantitative estimate of drug-likeness (QED) is 0.722. The average Bonchev–Trinajstić information content (AvgIpc) is 2.38. The summed E-state index contributed by atoms with van der Waals surface area (Å²) >= 11 is 3.45. The Kier molecular flexibility index (Phi) is 4.77. The molecule has 0 radical (unpaired) electrons. The normalized spacial score (nSPS) is 16.1. The summed E-state index contributed by atoms with van der Waals surface area (Å²) in [4.78, 5) is 14.0. The van der Waals surface area contributed by atoms with Gasteiger partial charge in [0.1, 0.15) is 5.60 Å². The summed E-state index contributed by atoms with van der Waals surface area (Å²) in [5.41, 5.74) is 3.28. The molecule has 0 saturated carbocycles. The predicted octanol–water partition coefficient (Wildman–Crippen LogP) is 4.86. The predicted molar refractivity (Wildman–Crippen MR) is 89.2 cm³/mol. The first-order valence-electron chi connectivity index (χ1n) is 7.19. The Hall–Kier alpha value is -1.29. The van der Waals surface area contributed by atoms with Gasteiger partial charge in [-0.25, -0.2) is 4.79 Å². The summed E-state index contributed by atoms with van der Waals surface area (Å²) in [6, 6.07) is 8.23. The zero-order chi connectivity index (χ0) is 15.6. The lowest BCUT2D eigenvalue weighted by Gasteiger charge is -2.32. The number of hydrogen-bond acceptors (Lipinski definition) is 2. The van der Waals surface area contributed by atoms with Gasteiger partial charge in [-0.3, -0.25) is 0 Å². The third-order valence-electron chi connectivity index (χ3n) is 3.47. The molecule has 0 aromatic heterocycles. The minimum atomic E-state index is -0.453. The number of halogens is 1. The maximum atomic E-state index is 12.2. The molecule has 114 valence electrons. The van der Waals surface area contributed by atoms with E-state index in [9.17, 15) is 4.79 Å². The van der Waals surface area contributed by atoms with Gasteiger partial charge < -0.3 is 9.64 Å². The third kappa shape index (κ3) is 4.34. The van der Waals surface area contributed by atoms with Crippen molar-refractivity contribution in [1.82, 2.24) is 4.90 Å². The molecule has 0 saturated heterocycles. The van der Waals surface area contributed by atoms with Crippen LogP contribution in [0.2, 0.25) is 0 Å². The molecule has 2 rings (SSSR count). The van der Waals surface area contributed by atoms with Gasteiger partial charge in [0, 0.05) is 17.6 Å². The number of carbonyl (C=O) groups excluding carboxylic acids is 1. The maximum Gasteiger partial charge on any atom is 0.410 e. The van der Waals surface area contributed by atoms with E-state index in [1.54, 1.807) is 4.90 Å². The third-order valence-corrected chi connectivity index (χ3v) is 3.99. The molecular formula is C17H22BrNO2. The summed E-state index contributed by atoms with van der Waals surface area (Å²) < 4.78 is 6.53. The second-order valence-corrected chi connectivity index (χ2v) is 7.33. The Morgan fingerprint density at radius 3 is 2.43 bits per heavy atom. The van der Waals surface area contributed by atoms with E-state index in [-0.39, 0.29) is 6.09 Å². The van der Waals surface area contributed by atoms with Crippen molar-refractivity contribution >= 4 is 27.6 Å². The smallest absolute Gasteiger partial charge is 0.410 e. The molecule has 1 heterocycles. The van der Waals surface area contributed by atoms with Crippen LogP contribution in [0.25, 0.3) is 5.57 Å². The van der Waals surface area contributed by atoms with E-state index in [1.165, 1.54) is 16.7 Å². The summed E-state index contributed by atoms with van der Waals surface area (Å²) in [5.74, 6) is 0. The fourth-order valence-corrected chi connectivity index (χ4v) is 2.59. The lowest BCUT2D eigenvalue weighted by Crippen LogP contribution is -2.40. The van der Waals surface area contributed by atoms with Crippen LogP contribution in [0.15, 0.2) is 34.3 Å². The highest BCUT2D eigenvalue weighted by Gasteiger charge is 2.26. The Balaban J connectivity index is 2.16. The molecule has 0 N–H and O–H groups in total. The Bertz CT molecular complexity index is 555. The zero-order valence-corrected chi connectivity index (χ0v) is 14.7. The largest absolute Gasteiger partial charge is 0.444 e. The molecular weight excluding hydrogens is 330 g/mol. The molecule has 0 aliphatic carbocycles. The van der Waals surface area contributed by atoms with E-state index >= 15 is 0 Å². The van der Waals surface area contributed by atoms with Crippen molar-refractivity contribution in [3.63, 3.8) is 0 Å². The standard InChI is InChI=1S/C17H22BrNO2/c1-12-9-10-19(16(20)21-17(2,3)4)11-15(12)13-5-7-14(18)8-6-13/h5-8H,9-11H2,1-4H3. The number of carbonyl (C=O) groups is 1. The number of rotatable bonds is 1. The lowest BCUT2D eigenvalue weighted by molar-refractivity contribution is 0.0271. The topological polar surface area (TPSA) is 29.5 Å². The average molecular weight is 352 g/mol. The molecule has 1 aromatic carbocycles. The number of hydrogen-bond donors (Lipinski definition) is 0. The molecule has 0 unspecified atom stereocenters. The van der Waals surface area contributed by atoms with Crippen LogP contribution in [0.5, 0.6) is 0 Å². The van der Waals surface area contributed by atoms with Crippen molar-refractivity contribution in [1.29, 1.82) is 0 Å². The number of ether oxygens (including phenoxy) is 1. The van der Waals surface area contributed by atoms with Gasteiger partial charge in [-0.1, -0.05) is 33.6 Å². The number of benzene rings is 1. The van der Waals surface area contributed by atoms with Gasteiger partial charge in [0.2, 0.25) is 0 Å². The summed E-state index contributed by atoms with van der Waals surface area (Å²) in [6.45, 7) is 9.16. The molecule has 0 spiro atoms. The second-order valence-electron chi connectivity index (χ2n) is 6.42. The Morgan fingerprint density at radius 1 is 1.24 bits per heavy atom. The highest BCUT2D eigenvalue weighted by Crippen LogP contribution is 2.28. The Morgan fingerprint density at radius 2 is 1.86 bits per heavy atom. The highest BCUT2D eigenvalue weighted by atomic mass is 79.9. The summed E-state index contributed by atoms with van der Waals surface area (Å²) in [7, 11) is 0. The van der Waals surface area contributed by atoms with Gasteiger partial charge in [0.05, 0.1) is 0 Å². The van der Waals surface area contributed by atoms with Gasteiger partial charge in [0.15, 0.2) is 0 Å². The van der Waals surface area contributed by atoms with Crippen LogP contribution in [0.4, 0.5) is 4.79 Å². The lowest BCUT2D eigenvalue weighted by atomic mass is 9.95. The zero-order valence-electron chi connectivity index (χ0n) is 13.1. The van der Waals surface area contributed by atoms with E-state index in [2.05, 4.69) is 35.0 Å².